The molecule has 1 N–H and O–H groups in total. The molecule has 0 aromatic heterocycles. The highest BCUT2D eigenvalue weighted by molar-refractivity contribution is 5.69. The SMILES string of the molecule is COC(=O)CCNCc1ccc2c(c1)CC(C)(C)O2. The van der Waals surface area contributed by atoms with Crippen molar-refractivity contribution in [1.29, 1.82) is 0 Å². The topological polar surface area (TPSA) is 47.6 Å². The van der Waals surface area contributed by atoms with Crippen LogP contribution in [0.4, 0.5) is 0 Å². The van der Waals surface area contributed by atoms with E-state index in [-0.39, 0.29) is 11.6 Å². The summed E-state index contributed by atoms with van der Waals surface area (Å²) in [7, 11) is 1.41. The lowest BCUT2D eigenvalue weighted by Crippen LogP contribution is -2.24. The largest absolute Gasteiger partial charge is 0.487 e. The monoisotopic (exact) mass is 263 g/mol. The molecule has 1 aromatic carbocycles. The summed E-state index contributed by atoms with van der Waals surface area (Å²) in [5, 5.41) is 3.24. The molecule has 0 radical (unpaired) electrons. The van der Waals surface area contributed by atoms with E-state index in [1.54, 1.807) is 0 Å². The first-order chi connectivity index (χ1) is 9.00. The molecule has 0 saturated heterocycles. The van der Waals surface area contributed by atoms with Gasteiger partial charge in [0.05, 0.1) is 13.5 Å². The number of methoxy groups -OCH3 is 1. The lowest BCUT2D eigenvalue weighted by atomic mass is 10.0. The van der Waals surface area contributed by atoms with Gasteiger partial charge in [0.2, 0.25) is 0 Å². The first kappa shape index (κ1) is 13.9. The zero-order chi connectivity index (χ0) is 13.9. The number of fused-ring (bicyclic) bond motifs is 1. The number of nitrogens with one attached hydrogen (secondary N) is 1. The van der Waals surface area contributed by atoms with E-state index in [0.717, 1.165) is 18.7 Å². The van der Waals surface area contributed by atoms with Crippen molar-refractivity contribution in [3.63, 3.8) is 0 Å². The molecule has 1 aliphatic rings. The maximum Gasteiger partial charge on any atom is 0.306 e. The van der Waals surface area contributed by atoms with Crippen LogP contribution in [0, 0.1) is 0 Å². The number of rotatable bonds is 5. The zero-order valence-corrected chi connectivity index (χ0v) is 11.8. The van der Waals surface area contributed by atoms with Crippen molar-refractivity contribution in [1.82, 2.24) is 5.32 Å². The van der Waals surface area contributed by atoms with Crippen LogP contribution in [0.3, 0.4) is 0 Å². The Labute approximate surface area is 114 Å². The number of hydrogen-bond donors (Lipinski definition) is 1. The Morgan fingerprint density at radius 1 is 1.47 bits per heavy atom. The fourth-order valence-electron chi connectivity index (χ4n) is 2.30. The van der Waals surface area contributed by atoms with Gasteiger partial charge in [-0.15, -0.1) is 0 Å². The van der Waals surface area contributed by atoms with Gasteiger partial charge in [-0.05, 0) is 31.0 Å². The van der Waals surface area contributed by atoms with Gasteiger partial charge in [0.15, 0.2) is 0 Å². The second-order valence-corrected chi connectivity index (χ2v) is 5.48. The van der Waals surface area contributed by atoms with Gasteiger partial charge < -0.3 is 14.8 Å². The Hall–Kier alpha value is -1.55. The van der Waals surface area contributed by atoms with Crippen molar-refractivity contribution in [3.05, 3.63) is 29.3 Å². The summed E-state index contributed by atoms with van der Waals surface area (Å²) in [5.41, 5.74) is 2.38. The average Bonchev–Trinajstić information content (AvgIpc) is 2.67. The van der Waals surface area contributed by atoms with Crippen molar-refractivity contribution in [2.45, 2.75) is 38.8 Å². The minimum absolute atomic E-state index is 0.0979. The van der Waals surface area contributed by atoms with E-state index >= 15 is 0 Å². The van der Waals surface area contributed by atoms with Crippen molar-refractivity contribution < 1.29 is 14.3 Å². The molecular formula is C15H21NO3. The Bertz CT molecular complexity index is 468. The predicted octanol–water partition coefficient (Wildman–Crippen LogP) is 2.05. The molecule has 0 aliphatic carbocycles. The molecule has 0 saturated carbocycles. The van der Waals surface area contributed by atoms with Crippen LogP contribution in [0.2, 0.25) is 0 Å². The predicted molar refractivity (Wildman–Crippen MR) is 73.2 cm³/mol. The van der Waals surface area contributed by atoms with Gasteiger partial charge in [-0.2, -0.15) is 0 Å². The molecule has 0 fully saturated rings. The molecule has 0 bridgehead atoms. The molecule has 4 heteroatoms. The van der Waals surface area contributed by atoms with Crippen LogP contribution < -0.4 is 10.1 Å². The van der Waals surface area contributed by atoms with Crippen molar-refractivity contribution in [3.8, 4) is 5.75 Å². The van der Waals surface area contributed by atoms with E-state index in [1.807, 2.05) is 6.07 Å². The summed E-state index contributed by atoms with van der Waals surface area (Å²) in [4.78, 5) is 11.0. The number of ether oxygens (including phenoxy) is 2. The van der Waals surface area contributed by atoms with Crippen molar-refractivity contribution in [2.75, 3.05) is 13.7 Å². The maximum atomic E-state index is 11.0. The highest BCUT2D eigenvalue weighted by Gasteiger charge is 2.29. The lowest BCUT2D eigenvalue weighted by molar-refractivity contribution is -0.140. The average molecular weight is 263 g/mol. The van der Waals surface area contributed by atoms with Crippen LogP contribution >= 0.6 is 0 Å². The van der Waals surface area contributed by atoms with Gasteiger partial charge in [-0.25, -0.2) is 0 Å². The number of esters is 1. The van der Waals surface area contributed by atoms with Gasteiger partial charge in [-0.3, -0.25) is 4.79 Å². The van der Waals surface area contributed by atoms with E-state index in [1.165, 1.54) is 18.2 Å². The fraction of sp³-hybridized carbons (Fsp3) is 0.533. The highest BCUT2D eigenvalue weighted by Crippen LogP contribution is 2.35. The normalized spacial score (nSPS) is 15.7. The second-order valence-electron chi connectivity index (χ2n) is 5.48. The molecule has 2 rings (SSSR count). The third kappa shape index (κ3) is 3.70. The molecule has 4 nitrogen and oxygen atoms in total. The Balaban J connectivity index is 1.85. The maximum absolute atomic E-state index is 11.0. The van der Waals surface area contributed by atoms with Crippen molar-refractivity contribution in [2.24, 2.45) is 0 Å². The van der Waals surface area contributed by atoms with Gasteiger partial charge in [0, 0.05) is 19.5 Å². The molecule has 1 aromatic rings. The Kier molecular flexibility index (Phi) is 4.10. The first-order valence-electron chi connectivity index (χ1n) is 6.58. The van der Waals surface area contributed by atoms with Crippen LogP contribution in [0.1, 0.15) is 31.4 Å². The van der Waals surface area contributed by atoms with Crippen LogP contribution in [0.25, 0.3) is 0 Å². The summed E-state index contributed by atoms with van der Waals surface area (Å²) in [5.74, 6) is 0.805. The number of carbonyl (C=O) groups excluding carboxylic acids is 1. The quantitative estimate of drug-likeness (QED) is 0.652. The van der Waals surface area contributed by atoms with E-state index in [4.69, 9.17) is 4.74 Å². The molecule has 1 aliphatic heterocycles. The van der Waals surface area contributed by atoms with Crippen LogP contribution in [-0.2, 0) is 22.5 Å². The summed E-state index contributed by atoms with van der Waals surface area (Å²) in [6.07, 6.45) is 1.34. The molecule has 104 valence electrons. The van der Waals surface area contributed by atoms with Crippen LogP contribution in [-0.4, -0.2) is 25.2 Å². The summed E-state index contributed by atoms with van der Waals surface area (Å²) in [6, 6.07) is 6.27. The van der Waals surface area contributed by atoms with E-state index in [0.29, 0.717) is 13.0 Å². The summed E-state index contributed by atoms with van der Waals surface area (Å²) >= 11 is 0. The summed E-state index contributed by atoms with van der Waals surface area (Å²) < 4.78 is 10.4. The van der Waals surface area contributed by atoms with Crippen LogP contribution in [0.15, 0.2) is 18.2 Å². The van der Waals surface area contributed by atoms with Gasteiger partial charge in [-0.1, -0.05) is 12.1 Å². The van der Waals surface area contributed by atoms with E-state index in [9.17, 15) is 4.79 Å². The van der Waals surface area contributed by atoms with Crippen molar-refractivity contribution >= 4 is 5.97 Å². The Morgan fingerprint density at radius 2 is 2.26 bits per heavy atom. The number of benzene rings is 1. The van der Waals surface area contributed by atoms with Gasteiger partial charge in [0.25, 0.3) is 0 Å². The zero-order valence-electron chi connectivity index (χ0n) is 11.8. The molecule has 0 unspecified atom stereocenters. The van der Waals surface area contributed by atoms with Gasteiger partial charge in [0.1, 0.15) is 11.4 Å². The number of hydrogen-bond acceptors (Lipinski definition) is 4. The summed E-state index contributed by atoms with van der Waals surface area (Å²) in [6.45, 7) is 5.58. The smallest absolute Gasteiger partial charge is 0.306 e. The fourth-order valence-corrected chi connectivity index (χ4v) is 2.30. The van der Waals surface area contributed by atoms with Crippen LogP contribution in [0.5, 0.6) is 5.75 Å². The molecular weight excluding hydrogens is 242 g/mol. The second kappa shape index (κ2) is 5.61. The molecule has 19 heavy (non-hydrogen) atoms. The molecule has 0 spiro atoms. The molecule has 1 heterocycles. The number of carbonyl (C=O) groups is 1. The third-order valence-corrected chi connectivity index (χ3v) is 3.19. The standard InChI is InChI=1S/C15H21NO3/c1-15(2)9-12-8-11(4-5-13(12)19-15)10-16-7-6-14(17)18-3/h4-5,8,16H,6-7,9-10H2,1-3H3. The first-order valence-corrected chi connectivity index (χ1v) is 6.58. The highest BCUT2D eigenvalue weighted by atomic mass is 16.5. The molecule has 0 amide bonds. The van der Waals surface area contributed by atoms with E-state index in [2.05, 4.69) is 36.0 Å². The van der Waals surface area contributed by atoms with E-state index < -0.39 is 0 Å². The minimum atomic E-state index is -0.184. The molecule has 0 atom stereocenters. The third-order valence-electron chi connectivity index (χ3n) is 3.19. The Morgan fingerprint density at radius 3 is 3.00 bits per heavy atom. The minimum Gasteiger partial charge on any atom is -0.487 e. The lowest BCUT2D eigenvalue weighted by Gasteiger charge is -2.16. The van der Waals surface area contributed by atoms with Gasteiger partial charge >= 0.3 is 5.97 Å².